The molecule has 0 fully saturated rings. The predicted octanol–water partition coefficient (Wildman–Crippen LogP) is 9.95. The highest BCUT2D eigenvalue weighted by molar-refractivity contribution is 5.73. The summed E-state index contributed by atoms with van der Waals surface area (Å²) in [7, 11) is 0. The van der Waals surface area contributed by atoms with Crippen LogP contribution in [0.5, 0.6) is 0 Å². The second kappa shape index (κ2) is 22.0. The lowest BCUT2D eigenvalue weighted by Gasteiger charge is -2.23. The Labute approximate surface area is 201 Å². The van der Waals surface area contributed by atoms with Gasteiger partial charge in [0.25, 0.3) is 0 Å². The lowest BCUT2D eigenvalue weighted by Crippen LogP contribution is -2.25. The zero-order valence-electron chi connectivity index (χ0n) is 21.9. The summed E-state index contributed by atoms with van der Waals surface area (Å²) < 4.78 is 5.52. The van der Waals surface area contributed by atoms with Crippen molar-refractivity contribution in [2.75, 3.05) is 6.61 Å². The molecule has 0 bridgehead atoms. The molecule has 1 aliphatic carbocycles. The first kappa shape index (κ1) is 29.2. The molecular formula is C30H56O2. The van der Waals surface area contributed by atoms with E-state index in [-0.39, 0.29) is 11.9 Å². The van der Waals surface area contributed by atoms with Gasteiger partial charge in [-0.25, -0.2) is 0 Å². The summed E-state index contributed by atoms with van der Waals surface area (Å²) in [5, 5.41) is 0. The van der Waals surface area contributed by atoms with Crippen molar-refractivity contribution in [3.8, 4) is 0 Å². The molecule has 0 heterocycles. The molecule has 0 aromatic heterocycles. The summed E-state index contributed by atoms with van der Waals surface area (Å²) >= 11 is 0. The second-order valence-corrected chi connectivity index (χ2v) is 10.4. The number of carbonyl (C=O) groups excluding carboxylic acids is 1. The van der Waals surface area contributed by atoms with Crippen LogP contribution in [0, 0.1) is 11.8 Å². The summed E-state index contributed by atoms with van der Waals surface area (Å²) in [6, 6.07) is 0. The Morgan fingerprint density at radius 2 is 1.00 bits per heavy atom. The maximum absolute atomic E-state index is 12.2. The van der Waals surface area contributed by atoms with Crippen molar-refractivity contribution in [1.82, 2.24) is 0 Å². The van der Waals surface area contributed by atoms with Crippen molar-refractivity contribution in [1.29, 1.82) is 0 Å². The van der Waals surface area contributed by atoms with Gasteiger partial charge in [-0.3, -0.25) is 4.79 Å². The van der Waals surface area contributed by atoms with E-state index in [2.05, 4.69) is 26.0 Å². The van der Waals surface area contributed by atoms with Crippen molar-refractivity contribution in [3.05, 3.63) is 12.2 Å². The molecule has 0 aromatic rings. The van der Waals surface area contributed by atoms with Gasteiger partial charge in [-0.05, 0) is 25.2 Å². The van der Waals surface area contributed by atoms with Crippen LogP contribution in [-0.2, 0) is 9.53 Å². The monoisotopic (exact) mass is 448 g/mol. The smallest absolute Gasteiger partial charge is 0.309 e. The van der Waals surface area contributed by atoms with Gasteiger partial charge in [-0.2, -0.15) is 0 Å². The summed E-state index contributed by atoms with van der Waals surface area (Å²) in [5.74, 6) is 0.548. The summed E-state index contributed by atoms with van der Waals surface area (Å²) in [4.78, 5) is 12.2. The van der Waals surface area contributed by atoms with Gasteiger partial charge >= 0.3 is 5.97 Å². The third-order valence-corrected chi connectivity index (χ3v) is 7.30. The fourth-order valence-electron chi connectivity index (χ4n) is 4.92. The Hall–Kier alpha value is -0.790. The van der Waals surface area contributed by atoms with Gasteiger partial charge in [0.2, 0.25) is 0 Å². The number of rotatable bonds is 22. The second-order valence-electron chi connectivity index (χ2n) is 10.4. The largest absolute Gasteiger partial charge is 0.465 e. The number of hydrogen-bond donors (Lipinski definition) is 0. The molecular weight excluding hydrogens is 392 g/mol. The number of carbonyl (C=O) groups is 1. The van der Waals surface area contributed by atoms with Crippen molar-refractivity contribution < 1.29 is 9.53 Å². The molecule has 0 radical (unpaired) electrons. The first-order valence-corrected chi connectivity index (χ1v) is 14.6. The molecule has 2 nitrogen and oxygen atoms in total. The first-order chi connectivity index (χ1) is 15.8. The molecule has 2 atom stereocenters. The van der Waals surface area contributed by atoms with Crippen molar-refractivity contribution >= 4 is 5.97 Å². The van der Waals surface area contributed by atoms with E-state index in [0.717, 1.165) is 19.3 Å². The number of hydrogen-bond acceptors (Lipinski definition) is 2. The molecule has 188 valence electrons. The highest BCUT2D eigenvalue weighted by Gasteiger charge is 2.26. The first-order valence-electron chi connectivity index (χ1n) is 14.6. The third-order valence-electron chi connectivity index (χ3n) is 7.30. The lowest BCUT2D eigenvalue weighted by molar-refractivity contribution is -0.150. The van der Waals surface area contributed by atoms with Crippen molar-refractivity contribution in [2.24, 2.45) is 11.8 Å². The van der Waals surface area contributed by atoms with Crippen LogP contribution in [0.1, 0.15) is 155 Å². The maximum atomic E-state index is 12.2. The van der Waals surface area contributed by atoms with Crippen LogP contribution in [0.25, 0.3) is 0 Å². The Morgan fingerprint density at radius 3 is 1.41 bits per heavy atom. The fourth-order valence-corrected chi connectivity index (χ4v) is 4.92. The molecule has 0 aromatic carbocycles. The molecule has 1 rings (SSSR count). The van der Waals surface area contributed by atoms with Crippen LogP contribution >= 0.6 is 0 Å². The standard InChI is InChI=1S/C30H56O2/c1-3-4-5-6-7-8-9-10-11-12-13-14-15-16-17-18-19-20-21-24-27-32-30(31)29-26-23-22-25-28(29)2/h22-23,28-29H,3-21,24-27H2,1-2H3. The minimum absolute atomic E-state index is 0.0275. The molecule has 0 amide bonds. The van der Waals surface area contributed by atoms with E-state index in [1.54, 1.807) is 0 Å². The normalized spacial score (nSPS) is 18.2. The van der Waals surface area contributed by atoms with Crippen molar-refractivity contribution in [3.63, 3.8) is 0 Å². The average Bonchev–Trinajstić information content (AvgIpc) is 2.80. The Kier molecular flexibility index (Phi) is 20.1. The highest BCUT2D eigenvalue weighted by atomic mass is 16.5. The maximum Gasteiger partial charge on any atom is 0.309 e. The molecule has 0 spiro atoms. The Balaban J connectivity index is 1.72. The Bertz CT molecular complexity index is 442. The van der Waals surface area contributed by atoms with E-state index in [4.69, 9.17) is 4.74 Å². The van der Waals surface area contributed by atoms with Crippen molar-refractivity contribution in [2.45, 2.75) is 155 Å². The van der Waals surface area contributed by atoms with E-state index >= 15 is 0 Å². The molecule has 0 saturated heterocycles. The SMILES string of the molecule is CCCCCCCCCCCCCCCCCCCCCCOC(=O)C1CC=CCC1C. The van der Waals surface area contributed by atoms with E-state index < -0.39 is 0 Å². The number of esters is 1. The van der Waals surface area contributed by atoms with Gasteiger partial charge in [0, 0.05) is 0 Å². The summed E-state index contributed by atoms with van der Waals surface area (Å²) in [5.41, 5.74) is 0. The quantitative estimate of drug-likeness (QED) is 0.0935. The van der Waals surface area contributed by atoms with Crippen LogP contribution in [-0.4, -0.2) is 12.6 Å². The van der Waals surface area contributed by atoms with E-state index in [0.29, 0.717) is 12.5 Å². The lowest BCUT2D eigenvalue weighted by atomic mass is 9.84. The average molecular weight is 449 g/mol. The molecule has 32 heavy (non-hydrogen) atoms. The van der Waals surface area contributed by atoms with Gasteiger partial charge in [0.05, 0.1) is 12.5 Å². The summed E-state index contributed by atoms with van der Waals surface area (Å²) in [6.07, 6.45) is 34.0. The minimum atomic E-state index is 0.0275. The van der Waals surface area contributed by atoms with Crippen LogP contribution in [0.3, 0.4) is 0 Å². The summed E-state index contributed by atoms with van der Waals surface area (Å²) in [6.45, 7) is 5.07. The molecule has 0 N–H and O–H groups in total. The van der Waals surface area contributed by atoms with E-state index in [9.17, 15) is 4.79 Å². The highest BCUT2D eigenvalue weighted by Crippen LogP contribution is 2.26. The number of allylic oxidation sites excluding steroid dienone is 2. The Morgan fingerprint density at radius 1 is 0.625 bits per heavy atom. The number of ether oxygens (including phenoxy) is 1. The zero-order chi connectivity index (χ0) is 23.1. The van der Waals surface area contributed by atoms with E-state index in [1.165, 1.54) is 122 Å². The van der Waals surface area contributed by atoms with Crippen LogP contribution in [0.15, 0.2) is 12.2 Å². The molecule has 2 unspecified atom stereocenters. The van der Waals surface area contributed by atoms with Crippen LogP contribution in [0.2, 0.25) is 0 Å². The molecule has 0 saturated carbocycles. The molecule has 2 heteroatoms. The van der Waals surface area contributed by atoms with Gasteiger partial charge in [-0.15, -0.1) is 0 Å². The number of unbranched alkanes of at least 4 members (excludes halogenated alkanes) is 19. The minimum Gasteiger partial charge on any atom is -0.465 e. The third kappa shape index (κ3) is 16.8. The molecule has 0 aliphatic heterocycles. The zero-order valence-corrected chi connectivity index (χ0v) is 21.9. The topological polar surface area (TPSA) is 26.3 Å². The fraction of sp³-hybridized carbons (Fsp3) is 0.900. The van der Waals surface area contributed by atoms with E-state index in [1.807, 2.05) is 0 Å². The molecule has 1 aliphatic rings. The van der Waals surface area contributed by atoms with Gasteiger partial charge < -0.3 is 4.74 Å². The van der Waals surface area contributed by atoms with Gasteiger partial charge in [-0.1, -0.05) is 148 Å². The van der Waals surface area contributed by atoms with Gasteiger partial charge in [0.15, 0.2) is 0 Å². The van der Waals surface area contributed by atoms with Crippen LogP contribution < -0.4 is 0 Å². The van der Waals surface area contributed by atoms with Gasteiger partial charge in [0.1, 0.15) is 0 Å². The predicted molar refractivity (Wildman–Crippen MR) is 140 cm³/mol. The van der Waals surface area contributed by atoms with Crippen LogP contribution in [0.4, 0.5) is 0 Å².